The van der Waals surface area contributed by atoms with Gasteiger partial charge in [0.15, 0.2) is 0 Å². The van der Waals surface area contributed by atoms with Crippen LogP contribution in [0.15, 0.2) is 35.7 Å². The number of nitrogens with one attached hydrogen (secondary N) is 1. The van der Waals surface area contributed by atoms with Crippen molar-refractivity contribution in [2.75, 3.05) is 14.2 Å². The molecule has 1 unspecified atom stereocenters. The predicted octanol–water partition coefficient (Wildman–Crippen LogP) is 3.57. The molecule has 0 spiro atoms. The van der Waals surface area contributed by atoms with Gasteiger partial charge in [0.1, 0.15) is 5.75 Å². The van der Waals surface area contributed by atoms with E-state index in [0.29, 0.717) is 6.04 Å². The van der Waals surface area contributed by atoms with Crippen LogP contribution in [-0.4, -0.2) is 14.2 Å². The molecule has 0 aliphatic carbocycles. The van der Waals surface area contributed by atoms with Gasteiger partial charge >= 0.3 is 0 Å². The molecule has 0 amide bonds. The number of ether oxygens (including phenoxy) is 1. The van der Waals surface area contributed by atoms with Crippen molar-refractivity contribution in [1.29, 1.82) is 0 Å². The predicted molar refractivity (Wildman–Crippen MR) is 77.6 cm³/mol. The third kappa shape index (κ3) is 3.12. The van der Waals surface area contributed by atoms with Gasteiger partial charge in [-0.3, -0.25) is 0 Å². The van der Waals surface area contributed by atoms with Crippen LogP contribution >= 0.6 is 11.3 Å². The van der Waals surface area contributed by atoms with Crippen LogP contribution in [0, 0.1) is 6.92 Å². The third-order valence-electron chi connectivity index (χ3n) is 3.10. The summed E-state index contributed by atoms with van der Waals surface area (Å²) in [5.41, 5.74) is 2.69. The van der Waals surface area contributed by atoms with Crippen molar-refractivity contribution in [3.05, 3.63) is 51.7 Å². The molecule has 0 saturated heterocycles. The fourth-order valence-electron chi connectivity index (χ4n) is 2.03. The van der Waals surface area contributed by atoms with Crippen molar-refractivity contribution in [1.82, 2.24) is 5.32 Å². The van der Waals surface area contributed by atoms with Gasteiger partial charge in [-0.1, -0.05) is 12.1 Å². The second-order valence-electron chi connectivity index (χ2n) is 4.38. The largest absolute Gasteiger partial charge is 0.497 e. The number of aryl methyl sites for hydroxylation is 1. The highest BCUT2D eigenvalue weighted by Gasteiger charge is 2.11. The van der Waals surface area contributed by atoms with Gasteiger partial charge in [-0.2, -0.15) is 0 Å². The molecular weight excluding hydrogens is 242 g/mol. The number of methoxy groups -OCH3 is 1. The van der Waals surface area contributed by atoms with Crippen molar-refractivity contribution in [2.24, 2.45) is 0 Å². The summed E-state index contributed by atoms with van der Waals surface area (Å²) in [4.78, 5) is 1.36. The fraction of sp³-hybridized carbons (Fsp3) is 0.333. The van der Waals surface area contributed by atoms with Crippen molar-refractivity contribution in [3.8, 4) is 5.75 Å². The second kappa shape index (κ2) is 6.03. The number of hydrogen-bond donors (Lipinski definition) is 1. The van der Waals surface area contributed by atoms with E-state index in [0.717, 1.165) is 12.2 Å². The van der Waals surface area contributed by atoms with Crippen LogP contribution in [0.2, 0.25) is 0 Å². The van der Waals surface area contributed by atoms with Crippen LogP contribution in [0.1, 0.15) is 22.0 Å². The highest BCUT2D eigenvalue weighted by molar-refractivity contribution is 7.10. The summed E-state index contributed by atoms with van der Waals surface area (Å²) in [6, 6.07) is 10.9. The topological polar surface area (TPSA) is 21.3 Å². The Kier molecular flexibility index (Phi) is 4.39. The minimum atomic E-state index is 0.378. The first kappa shape index (κ1) is 13.1. The van der Waals surface area contributed by atoms with Gasteiger partial charge in [0.25, 0.3) is 0 Å². The maximum Gasteiger partial charge on any atom is 0.118 e. The van der Waals surface area contributed by atoms with Crippen molar-refractivity contribution < 1.29 is 4.74 Å². The van der Waals surface area contributed by atoms with E-state index >= 15 is 0 Å². The zero-order valence-electron chi connectivity index (χ0n) is 11.1. The Morgan fingerprint density at radius 1 is 1.28 bits per heavy atom. The van der Waals surface area contributed by atoms with Gasteiger partial charge in [0, 0.05) is 10.9 Å². The lowest BCUT2D eigenvalue weighted by Crippen LogP contribution is -2.18. The average Bonchev–Trinajstić information content (AvgIpc) is 2.83. The molecule has 0 aliphatic rings. The van der Waals surface area contributed by atoms with Gasteiger partial charge in [-0.25, -0.2) is 0 Å². The molecule has 1 N–H and O–H groups in total. The Labute approximate surface area is 113 Å². The summed E-state index contributed by atoms with van der Waals surface area (Å²) in [7, 11) is 3.71. The molecule has 1 aromatic carbocycles. The van der Waals surface area contributed by atoms with Gasteiger partial charge < -0.3 is 10.1 Å². The number of benzene rings is 1. The van der Waals surface area contributed by atoms with Gasteiger partial charge in [0.05, 0.1) is 7.11 Å². The minimum Gasteiger partial charge on any atom is -0.497 e. The van der Waals surface area contributed by atoms with Gasteiger partial charge in [0.2, 0.25) is 0 Å². The highest BCUT2D eigenvalue weighted by atomic mass is 32.1. The molecule has 0 aliphatic heterocycles. The summed E-state index contributed by atoms with van der Waals surface area (Å²) in [5, 5.41) is 5.62. The van der Waals surface area contributed by atoms with Crippen molar-refractivity contribution >= 4 is 11.3 Å². The summed E-state index contributed by atoms with van der Waals surface area (Å²) in [6.07, 6.45) is 0.997. The van der Waals surface area contributed by atoms with Crippen molar-refractivity contribution in [3.63, 3.8) is 0 Å². The van der Waals surface area contributed by atoms with E-state index in [1.54, 1.807) is 18.4 Å². The Hall–Kier alpha value is -1.32. The lowest BCUT2D eigenvalue weighted by Gasteiger charge is -2.15. The SMILES string of the molecule is CNC(Cc1ccc(OC)cc1)c1csc(C)c1. The summed E-state index contributed by atoms with van der Waals surface area (Å²) < 4.78 is 5.17. The molecule has 2 rings (SSSR count). The Morgan fingerprint density at radius 2 is 2.00 bits per heavy atom. The first-order valence-corrected chi connectivity index (χ1v) is 6.96. The standard InChI is InChI=1S/C15H19NOS/c1-11-8-13(10-18-11)15(16-2)9-12-4-6-14(17-3)7-5-12/h4-8,10,15-16H,9H2,1-3H3. The third-order valence-corrected chi connectivity index (χ3v) is 3.98. The van der Waals surface area contributed by atoms with E-state index < -0.39 is 0 Å². The second-order valence-corrected chi connectivity index (χ2v) is 5.50. The van der Waals surface area contributed by atoms with Crippen molar-refractivity contribution in [2.45, 2.75) is 19.4 Å². The van der Waals surface area contributed by atoms with Crippen LogP contribution < -0.4 is 10.1 Å². The molecule has 3 heteroatoms. The molecule has 0 radical (unpaired) electrons. The molecule has 1 heterocycles. The molecule has 1 atom stereocenters. The number of rotatable bonds is 5. The molecule has 0 saturated carbocycles. The quantitative estimate of drug-likeness (QED) is 0.888. The maximum absolute atomic E-state index is 5.17. The molecule has 96 valence electrons. The fourth-order valence-corrected chi connectivity index (χ4v) is 2.79. The van der Waals surface area contributed by atoms with Crippen LogP contribution in [0.3, 0.4) is 0 Å². The van der Waals surface area contributed by atoms with Crippen LogP contribution in [0.25, 0.3) is 0 Å². The number of thiophene rings is 1. The van der Waals surface area contributed by atoms with Crippen LogP contribution in [0.5, 0.6) is 5.75 Å². The van der Waals surface area contributed by atoms with Crippen LogP contribution in [0.4, 0.5) is 0 Å². The zero-order valence-corrected chi connectivity index (χ0v) is 11.9. The van der Waals surface area contributed by atoms with E-state index in [1.165, 1.54) is 16.0 Å². The van der Waals surface area contributed by atoms with Gasteiger partial charge in [-0.05, 0) is 55.1 Å². The smallest absolute Gasteiger partial charge is 0.118 e. The van der Waals surface area contributed by atoms with E-state index in [2.05, 4.69) is 35.8 Å². The Bertz CT molecular complexity index is 489. The lowest BCUT2D eigenvalue weighted by atomic mass is 10.0. The number of hydrogen-bond acceptors (Lipinski definition) is 3. The normalized spacial score (nSPS) is 12.4. The lowest BCUT2D eigenvalue weighted by molar-refractivity contribution is 0.414. The van der Waals surface area contributed by atoms with E-state index in [1.807, 2.05) is 19.2 Å². The highest BCUT2D eigenvalue weighted by Crippen LogP contribution is 2.24. The van der Waals surface area contributed by atoms with E-state index in [-0.39, 0.29) is 0 Å². The molecule has 0 fully saturated rings. The van der Waals surface area contributed by atoms with Crippen LogP contribution in [-0.2, 0) is 6.42 Å². The molecule has 2 nitrogen and oxygen atoms in total. The minimum absolute atomic E-state index is 0.378. The summed E-state index contributed by atoms with van der Waals surface area (Å²) in [5.74, 6) is 0.908. The summed E-state index contributed by atoms with van der Waals surface area (Å²) in [6.45, 7) is 2.15. The van der Waals surface area contributed by atoms with Gasteiger partial charge in [-0.15, -0.1) is 11.3 Å². The monoisotopic (exact) mass is 261 g/mol. The molecule has 18 heavy (non-hydrogen) atoms. The first-order valence-electron chi connectivity index (χ1n) is 6.08. The molecule has 0 bridgehead atoms. The summed E-state index contributed by atoms with van der Waals surface area (Å²) >= 11 is 1.80. The Morgan fingerprint density at radius 3 is 2.50 bits per heavy atom. The molecule has 1 aromatic heterocycles. The van der Waals surface area contributed by atoms with E-state index in [9.17, 15) is 0 Å². The Balaban J connectivity index is 2.10. The first-order chi connectivity index (χ1) is 8.72. The zero-order chi connectivity index (χ0) is 13.0. The molecule has 2 aromatic rings. The average molecular weight is 261 g/mol. The van der Waals surface area contributed by atoms with E-state index in [4.69, 9.17) is 4.74 Å². The maximum atomic E-state index is 5.17. The molecular formula is C15H19NOS. The number of likely N-dealkylation sites (N-methyl/N-ethyl adjacent to an activating group) is 1.